The summed E-state index contributed by atoms with van der Waals surface area (Å²) in [4.78, 5) is 21.9. The molecule has 9 heteroatoms. The summed E-state index contributed by atoms with van der Waals surface area (Å²) in [6, 6.07) is 3.14. The molecular formula is C14H12F3N3O3. The Morgan fingerprint density at radius 3 is 2.57 bits per heavy atom. The molecular weight excluding hydrogens is 315 g/mol. The van der Waals surface area contributed by atoms with Gasteiger partial charge in [-0.2, -0.15) is 5.26 Å². The first-order valence-electron chi connectivity index (χ1n) is 6.37. The second kappa shape index (κ2) is 8.43. The van der Waals surface area contributed by atoms with Crippen LogP contribution in [-0.2, 0) is 9.59 Å². The van der Waals surface area contributed by atoms with Crippen molar-refractivity contribution in [3.63, 3.8) is 0 Å². The van der Waals surface area contributed by atoms with Gasteiger partial charge in [-0.1, -0.05) is 0 Å². The van der Waals surface area contributed by atoms with E-state index in [1.807, 2.05) is 0 Å². The van der Waals surface area contributed by atoms with Crippen LogP contribution in [0.2, 0.25) is 0 Å². The summed E-state index contributed by atoms with van der Waals surface area (Å²) in [7, 11) is 0. The van der Waals surface area contributed by atoms with Crippen LogP contribution in [0, 0.1) is 28.8 Å². The number of nitriles is 1. The van der Waals surface area contributed by atoms with E-state index in [0.717, 1.165) is 12.3 Å². The Balaban J connectivity index is 2.69. The molecule has 0 unspecified atom stereocenters. The molecule has 0 fully saturated rings. The molecule has 3 N–H and O–H groups in total. The van der Waals surface area contributed by atoms with E-state index in [1.54, 1.807) is 6.07 Å². The van der Waals surface area contributed by atoms with E-state index < -0.39 is 40.6 Å². The van der Waals surface area contributed by atoms with Crippen LogP contribution >= 0.6 is 0 Å². The van der Waals surface area contributed by atoms with Crippen molar-refractivity contribution in [3.8, 4) is 6.07 Å². The van der Waals surface area contributed by atoms with Gasteiger partial charge >= 0.3 is 5.97 Å². The molecule has 0 radical (unpaired) electrons. The van der Waals surface area contributed by atoms with Crippen molar-refractivity contribution >= 4 is 17.6 Å². The molecule has 0 atom stereocenters. The highest BCUT2D eigenvalue weighted by Gasteiger charge is 2.14. The first-order chi connectivity index (χ1) is 10.9. The van der Waals surface area contributed by atoms with E-state index in [9.17, 15) is 22.8 Å². The summed E-state index contributed by atoms with van der Waals surface area (Å²) in [5.41, 5.74) is -0.889. The third kappa shape index (κ3) is 5.35. The normalized spacial score (nSPS) is 10.8. The molecule has 122 valence electrons. The lowest BCUT2D eigenvalue weighted by Gasteiger charge is -2.06. The Kier molecular flexibility index (Phi) is 6.61. The van der Waals surface area contributed by atoms with Crippen LogP contribution in [0.3, 0.4) is 0 Å². The van der Waals surface area contributed by atoms with Gasteiger partial charge in [-0.05, 0) is 18.6 Å². The third-order valence-electron chi connectivity index (χ3n) is 2.63. The third-order valence-corrected chi connectivity index (χ3v) is 2.63. The fourth-order valence-electron chi connectivity index (χ4n) is 1.47. The number of halogens is 3. The summed E-state index contributed by atoms with van der Waals surface area (Å²) in [5.74, 6) is -6.37. The van der Waals surface area contributed by atoms with Crippen LogP contribution < -0.4 is 10.6 Å². The number of carboxylic acid groups (broad SMARTS) is 1. The van der Waals surface area contributed by atoms with Crippen LogP contribution in [0.25, 0.3) is 0 Å². The average molecular weight is 327 g/mol. The standard InChI is InChI=1S/C14H12F3N3O3/c15-9-3-4-10(13(17)12(9)16)20-7-8(6-18)14(23)19-5-1-2-11(21)22/h3-4,7,20H,1-2,5H2,(H,19,23)(H,21,22)/b8-7-. The zero-order valence-corrected chi connectivity index (χ0v) is 11.7. The number of carbonyl (C=O) groups is 2. The number of hydrogen-bond donors (Lipinski definition) is 3. The number of hydrogen-bond acceptors (Lipinski definition) is 4. The minimum atomic E-state index is -1.68. The van der Waals surface area contributed by atoms with Gasteiger partial charge in [0, 0.05) is 19.2 Å². The fourth-order valence-corrected chi connectivity index (χ4v) is 1.47. The second-order valence-electron chi connectivity index (χ2n) is 4.29. The molecule has 0 heterocycles. The molecule has 0 aliphatic heterocycles. The zero-order chi connectivity index (χ0) is 17.4. The van der Waals surface area contributed by atoms with Crippen LogP contribution in [0.5, 0.6) is 0 Å². The van der Waals surface area contributed by atoms with Crippen LogP contribution in [0.1, 0.15) is 12.8 Å². The number of nitrogens with one attached hydrogen (secondary N) is 2. The van der Waals surface area contributed by atoms with Crippen LogP contribution in [0.15, 0.2) is 23.9 Å². The maximum Gasteiger partial charge on any atom is 0.303 e. The van der Waals surface area contributed by atoms with Crippen LogP contribution in [-0.4, -0.2) is 23.5 Å². The van der Waals surface area contributed by atoms with Crippen molar-refractivity contribution in [1.29, 1.82) is 5.26 Å². The first-order valence-corrected chi connectivity index (χ1v) is 6.37. The fraction of sp³-hybridized carbons (Fsp3) is 0.214. The zero-order valence-electron chi connectivity index (χ0n) is 11.7. The lowest BCUT2D eigenvalue weighted by atomic mass is 10.2. The second-order valence-corrected chi connectivity index (χ2v) is 4.29. The van der Waals surface area contributed by atoms with Gasteiger partial charge in [0.25, 0.3) is 5.91 Å². The molecule has 0 aliphatic rings. The number of carboxylic acids is 1. The van der Waals surface area contributed by atoms with Crippen molar-refractivity contribution in [2.75, 3.05) is 11.9 Å². The van der Waals surface area contributed by atoms with E-state index in [2.05, 4.69) is 10.6 Å². The van der Waals surface area contributed by atoms with E-state index in [0.29, 0.717) is 6.07 Å². The Hall–Kier alpha value is -3.02. The summed E-state index contributed by atoms with van der Waals surface area (Å²) >= 11 is 0. The topological polar surface area (TPSA) is 102 Å². The highest BCUT2D eigenvalue weighted by Crippen LogP contribution is 2.19. The van der Waals surface area contributed by atoms with E-state index in [1.165, 1.54) is 0 Å². The van der Waals surface area contributed by atoms with Crippen molar-refractivity contribution in [3.05, 3.63) is 41.4 Å². The summed E-state index contributed by atoms with van der Waals surface area (Å²) in [6.07, 6.45) is 0.859. The Morgan fingerprint density at radius 2 is 1.96 bits per heavy atom. The minimum absolute atomic E-state index is 0.0314. The van der Waals surface area contributed by atoms with E-state index >= 15 is 0 Å². The van der Waals surface area contributed by atoms with E-state index in [4.69, 9.17) is 10.4 Å². The smallest absolute Gasteiger partial charge is 0.303 e. The van der Waals surface area contributed by atoms with Crippen LogP contribution in [0.4, 0.5) is 18.9 Å². The van der Waals surface area contributed by atoms with Crippen molar-refractivity contribution in [2.24, 2.45) is 0 Å². The summed E-state index contributed by atoms with van der Waals surface area (Å²) < 4.78 is 39.2. The number of carbonyl (C=O) groups excluding carboxylic acids is 1. The van der Waals surface area contributed by atoms with Gasteiger partial charge in [0.2, 0.25) is 0 Å². The van der Waals surface area contributed by atoms with Gasteiger partial charge in [-0.15, -0.1) is 0 Å². The Morgan fingerprint density at radius 1 is 1.26 bits per heavy atom. The van der Waals surface area contributed by atoms with Gasteiger partial charge in [-0.3, -0.25) is 9.59 Å². The molecule has 0 bridgehead atoms. The highest BCUT2D eigenvalue weighted by molar-refractivity contribution is 5.97. The lowest BCUT2D eigenvalue weighted by Crippen LogP contribution is -2.26. The SMILES string of the molecule is N#C/C(=C/Nc1ccc(F)c(F)c1F)C(=O)NCCCC(=O)O. The maximum absolute atomic E-state index is 13.4. The number of aliphatic carboxylic acids is 1. The molecule has 1 aromatic carbocycles. The largest absolute Gasteiger partial charge is 0.481 e. The predicted octanol–water partition coefficient (Wildman–Crippen LogP) is 1.90. The number of nitrogens with zero attached hydrogens (tertiary/aromatic N) is 1. The van der Waals surface area contributed by atoms with Gasteiger partial charge in [0.15, 0.2) is 17.5 Å². The Bertz CT molecular complexity index is 684. The molecule has 23 heavy (non-hydrogen) atoms. The molecule has 1 aromatic rings. The Labute approximate surface area is 129 Å². The van der Waals surface area contributed by atoms with E-state index in [-0.39, 0.29) is 19.4 Å². The average Bonchev–Trinajstić information content (AvgIpc) is 2.51. The monoisotopic (exact) mass is 327 g/mol. The highest BCUT2D eigenvalue weighted by atomic mass is 19.2. The quantitative estimate of drug-likeness (QED) is 0.307. The predicted molar refractivity (Wildman–Crippen MR) is 73.5 cm³/mol. The lowest BCUT2D eigenvalue weighted by molar-refractivity contribution is -0.137. The molecule has 1 amide bonds. The molecule has 0 aromatic heterocycles. The first kappa shape index (κ1) is 18.0. The van der Waals surface area contributed by atoms with Crippen molar-refractivity contribution < 1.29 is 27.9 Å². The molecule has 0 aliphatic carbocycles. The number of amides is 1. The van der Waals surface area contributed by atoms with Crippen molar-refractivity contribution in [2.45, 2.75) is 12.8 Å². The molecule has 0 saturated heterocycles. The molecule has 1 rings (SSSR count). The van der Waals surface area contributed by atoms with Crippen molar-refractivity contribution in [1.82, 2.24) is 5.32 Å². The summed E-state index contributed by atoms with van der Waals surface area (Å²) in [6.45, 7) is 0.0314. The summed E-state index contributed by atoms with van der Waals surface area (Å²) in [5, 5.41) is 21.8. The maximum atomic E-state index is 13.4. The van der Waals surface area contributed by atoms with Gasteiger partial charge in [0.05, 0.1) is 5.69 Å². The molecule has 0 spiro atoms. The number of anilines is 1. The van der Waals surface area contributed by atoms with Gasteiger partial charge in [0.1, 0.15) is 11.6 Å². The number of benzene rings is 1. The molecule has 6 nitrogen and oxygen atoms in total. The molecule has 0 saturated carbocycles. The van der Waals surface area contributed by atoms with Gasteiger partial charge < -0.3 is 15.7 Å². The van der Waals surface area contributed by atoms with Gasteiger partial charge in [-0.25, -0.2) is 13.2 Å². The number of rotatable bonds is 7. The minimum Gasteiger partial charge on any atom is -0.481 e.